The number of nitrogens with zero attached hydrogens (tertiary/aromatic N) is 1. The second-order valence-electron chi connectivity index (χ2n) is 5.85. The molecule has 3 atom stereocenters. The minimum Gasteiger partial charge on any atom is -0.481 e. The van der Waals surface area contributed by atoms with Crippen molar-refractivity contribution in [2.24, 2.45) is 23.2 Å². The summed E-state index contributed by atoms with van der Waals surface area (Å²) in [5, 5.41) is 9.05. The molecule has 98 valence electrons. The number of carbonyl (C=O) groups is 2. The Labute approximate surface area is 103 Å². The van der Waals surface area contributed by atoms with Gasteiger partial charge in [0.2, 0.25) is 5.91 Å². The molecule has 1 fully saturated rings. The Hall–Kier alpha value is -1.06. The number of hydrogen-bond acceptors (Lipinski definition) is 2. The van der Waals surface area contributed by atoms with E-state index in [2.05, 4.69) is 13.8 Å². The number of carboxylic acids is 1. The van der Waals surface area contributed by atoms with Crippen LogP contribution < -0.4 is 0 Å². The number of carboxylic acid groups (broad SMARTS) is 1. The van der Waals surface area contributed by atoms with Crippen molar-refractivity contribution in [3.8, 4) is 0 Å². The molecule has 4 nitrogen and oxygen atoms in total. The number of amides is 1. The van der Waals surface area contributed by atoms with Crippen LogP contribution in [0.1, 0.15) is 34.1 Å². The topological polar surface area (TPSA) is 57.6 Å². The van der Waals surface area contributed by atoms with Crippen LogP contribution in [0.25, 0.3) is 0 Å². The molecule has 17 heavy (non-hydrogen) atoms. The van der Waals surface area contributed by atoms with E-state index < -0.39 is 17.3 Å². The predicted octanol–water partition coefficient (Wildman–Crippen LogP) is 1.85. The van der Waals surface area contributed by atoms with E-state index in [0.29, 0.717) is 12.5 Å². The average molecular weight is 241 g/mol. The largest absolute Gasteiger partial charge is 0.481 e. The van der Waals surface area contributed by atoms with E-state index in [0.717, 1.165) is 6.42 Å². The SMILES string of the molecule is CCC(C)CN(C)C(=O)[C@H]1[C@@H](C(=O)O)C1(C)C. The minimum absolute atomic E-state index is 0.0253. The Bertz CT molecular complexity index is 325. The van der Waals surface area contributed by atoms with Crippen molar-refractivity contribution < 1.29 is 14.7 Å². The molecular formula is C13H23NO3. The third-order valence-corrected chi connectivity index (χ3v) is 4.02. The Kier molecular flexibility index (Phi) is 3.84. The summed E-state index contributed by atoms with van der Waals surface area (Å²) in [4.78, 5) is 24.9. The molecule has 1 amide bonds. The van der Waals surface area contributed by atoms with E-state index in [4.69, 9.17) is 5.11 Å². The van der Waals surface area contributed by atoms with Crippen molar-refractivity contribution in [1.82, 2.24) is 4.90 Å². The van der Waals surface area contributed by atoms with Crippen LogP contribution in [-0.4, -0.2) is 35.5 Å². The first-order valence-electron chi connectivity index (χ1n) is 6.21. The third kappa shape index (κ3) is 2.61. The molecule has 0 heterocycles. The molecule has 1 unspecified atom stereocenters. The molecule has 1 aliphatic rings. The molecule has 0 aromatic carbocycles. The maximum Gasteiger partial charge on any atom is 0.307 e. The van der Waals surface area contributed by atoms with E-state index in [9.17, 15) is 9.59 Å². The molecule has 0 spiro atoms. The van der Waals surface area contributed by atoms with Crippen LogP contribution in [0.5, 0.6) is 0 Å². The smallest absolute Gasteiger partial charge is 0.307 e. The quantitative estimate of drug-likeness (QED) is 0.799. The zero-order valence-electron chi connectivity index (χ0n) is 11.4. The standard InChI is InChI=1S/C13H23NO3/c1-6-8(2)7-14(5)11(15)9-10(12(16)17)13(9,3)4/h8-10H,6-7H2,1-5H3,(H,16,17)/t8?,9-,10+/m1/s1. The molecule has 0 aromatic heterocycles. The first kappa shape index (κ1) is 14.0. The Morgan fingerprint density at radius 1 is 1.35 bits per heavy atom. The summed E-state index contributed by atoms with van der Waals surface area (Å²) in [6, 6.07) is 0. The van der Waals surface area contributed by atoms with Gasteiger partial charge in [-0.3, -0.25) is 9.59 Å². The lowest BCUT2D eigenvalue weighted by atomic mass is 10.1. The highest BCUT2D eigenvalue weighted by Crippen LogP contribution is 2.58. The summed E-state index contributed by atoms with van der Waals surface area (Å²) in [7, 11) is 1.77. The van der Waals surface area contributed by atoms with Gasteiger partial charge < -0.3 is 10.0 Å². The van der Waals surface area contributed by atoms with Crippen molar-refractivity contribution in [3.05, 3.63) is 0 Å². The fraction of sp³-hybridized carbons (Fsp3) is 0.846. The lowest BCUT2D eigenvalue weighted by Crippen LogP contribution is -2.33. The molecule has 0 saturated heterocycles. The van der Waals surface area contributed by atoms with Gasteiger partial charge in [0, 0.05) is 13.6 Å². The van der Waals surface area contributed by atoms with Gasteiger partial charge in [-0.05, 0) is 11.3 Å². The van der Waals surface area contributed by atoms with E-state index in [-0.39, 0.29) is 11.8 Å². The molecule has 1 saturated carbocycles. The van der Waals surface area contributed by atoms with E-state index in [1.165, 1.54) is 0 Å². The van der Waals surface area contributed by atoms with Crippen molar-refractivity contribution in [2.75, 3.05) is 13.6 Å². The number of carbonyl (C=O) groups excluding carboxylic acids is 1. The van der Waals surface area contributed by atoms with Crippen LogP contribution in [0.3, 0.4) is 0 Å². The van der Waals surface area contributed by atoms with Crippen molar-refractivity contribution in [2.45, 2.75) is 34.1 Å². The van der Waals surface area contributed by atoms with E-state index in [1.807, 2.05) is 13.8 Å². The Morgan fingerprint density at radius 3 is 2.24 bits per heavy atom. The van der Waals surface area contributed by atoms with Crippen LogP contribution >= 0.6 is 0 Å². The van der Waals surface area contributed by atoms with Crippen LogP contribution in [0, 0.1) is 23.2 Å². The Morgan fingerprint density at radius 2 is 1.88 bits per heavy atom. The highest BCUT2D eigenvalue weighted by molar-refractivity contribution is 5.91. The third-order valence-electron chi connectivity index (χ3n) is 4.02. The molecule has 4 heteroatoms. The molecule has 0 bridgehead atoms. The minimum atomic E-state index is -0.856. The summed E-state index contributed by atoms with van der Waals surface area (Å²) in [6.45, 7) is 8.59. The number of rotatable bonds is 5. The van der Waals surface area contributed by atoms with Crippen molar-refractivity contribution in [1.29, 1.82) is 0 Å². The highest BCUT2D eigenvalue weighted by Gasteiger charge is 2.66. The summed E-state index contributed by atoms with van der Waals surface area (Å²) < 4.78 is 0. The van der Waals surface area contributed by atoms with Gasteiger partial charge in [-0.1, -0.05) is 34.1 Å². The van der Waals surface area contributed by atoms with Gasteiger partial charge >= 0.3 is 5.97 Å². The van der Waals surface area contributed by atoms with Crippen LogP contribution in [0.4, 0.5) is 0 Å². The van der Waals surface area contributed by atoms with Crippen molar-refractivity contribution >= 4 is 11.9 Å². The van der Waals surface area contributed by atoms with Gasteiger partial charge in [0.15, 0.2) is 0 Å². The van der Waals surface area contributed by atoms with Gasteiger partial charge in [0.25, 0.3) is 0 Å². The number of hydrogen-bond donors (Lipinski definition) is 1. The van der Waals surface area contributed by atoms with E-state index in [1.54, 1.807) is 11.9 Å². The monoisotopic (exact) mass is 241 g/mol. The fourth-order valence-electron chi connectivity index (χ4n) is 2.48. The average Bonchev–Trinajstić information content (AvgIpc) is 2.80. The lowest BCUT2D eigenvalue weighted by Gasteiger charge is -2.21. The lowest BCUT2D eigenvalue weighted by molar-refractivity contribution is -0.141. The van der Waals surface area contributed by atoms with E-state index >= 15 is 0 Å². The summed E-state index contributed by atoms with van der Waals surface area (Å²) in [5.41, 5.74) is -0.396. The predicted molar refractivity (Wildman–Crippen MR) is 65.5 cm³/mol. The normalized spacial score (nSPS) is 27.4. The van der Waals surface area contributed by atoms with Gasteiger partial charge in [-0.2, -0.15) is 0 Å². The van der Waals surface area contributed by atoms with Gasteiger partial charge in [-0.25, -0.2) is 0 Å². The molecule has 0 radical (unpaired) electrons. The van der Waals surface area contributed by atoms with Gasteiger partial charge in [-0.15, -0.1) is 0 Å². The Balaban J connectivity index is 2.63. The van der Waals surface area contributed by atoms with Gasteiger partial charge in [0.05, 0.1) is 11.8 Å². The molecule has 0 aliphatic heterocycles. The zero-order valence-corrected chi connectivity index (χ0v) is 11.4. The summed E-state index contributed by atoms with van der Waals surface area (Å²) in [6.07, 6.45) is 1.02. The van der Waals surface area contributed by atoms with Crippen LogP contribution in [-0.2, 0) is 9.59 Å². The molecule has 1 N–H and O–H groups in total. The van der Waals surface area contributed by atoms with Crippen LogP contribution in [0.2, 0.25) is 0 Å². The van der Waals surface area contributed by atoms with Crippen molar-refractivity contribution in [3.63, 3.8) is 0 Å². The first-order valence-corrected chi connectivity index (χ1v) is 6.21. The highest BCUT2D eigenvalue weighted by atomic mass is 16.4. The van der Waals surface area contributed by atoms with Crippen LogP contribution in [0.15, 0.2) is 0 Å². The molecule has 1 rings (SSSR count). The second kappa shape index (κ2) is 4.67. The van der Waals surface area contributed by atoms with Gasteiger partial charge in [0.1, 0.15) is 0 Å². The maximum atomic E-state index is 12.1. The fourth-order valence-corrected chi connectivity index (χ4v) is 2.48. The maximum absolute atomic E-state index is 12.1. The summed E-state index contributed by atoms with van der Waals surface area (Å²) in [5.74, 6) is -1.30. The zero-order chi connectivity index (χ0) is 13.4. The molecule has 1 aliphatic carbocycles. The molecular weight excluding hydrogens is 218 g/mol. The molecule has 0 aromatic rings. The second-order valence-corrected chi connectivity index (χ2v) is 5.85. The summed E-state index contributed by atoms with van der Waals surface area (Å²) >= 11 is 0. The first-order chi connectivity index (χ1) is 7.73. The number of aliphatic carboxylic acids is 1.